The molecule has 0 radical (unpaired) electrons. The van der Waals surface area contributed by atoms with Crippen molar-refractivity contribution in [3.8, 4) is 0 Å². The Bertz CT molecular complexity index is 336. The molecule has 0 saturated heterocycles. The van der Waals surface area contributed by atoms with Crippen LogP contribution in [0.4, 0.5) is 0 Å². The van der Waals surface area contributed by atoms with E-state index in [0.717, 1.165) is 25.7 Å². The first-order valence-electron chi connectivity index (χ1n) is 7.70. The maximum atomic E-state index is 12.4. The molecule has 0 aromatic rings. The zero-order valence-corrected chi connectivity index (χ0v) is 13.0. The molecule has 1 rings (SSSR count). The van der Waals surface area contributed by atoms with Crippen molar-refractivity contribution in [1.29, 1.82) is 0 Å². The fraction of sp³-hybridized carbons (Fsp3) is 0.867. The Morgan fingerprint density at radius 3 is 2.25 bits per heavy atom. The Kier molecular flexibility index (Phi) is 6.46. The SMILES string of the molecule is CC(C)CNC(=O)C(C)NC(=O)C1(CN)CCCCC1. The zero-order valence-electron chi connectivity index (χ0n) is 13.0. The maximum Gasteiger partial charge on any atom is 0.242 e. The lowest BCUT2D eigenvalue weighted by atomic mass is 9.73. The molecule has 0 heterocycles. The molecule has 0 spiro atoms. The van der Waals surface area contributed by atoms with Gasteiger partial charge in [0.1, 0.15) is 6.04 Å². The molecule has 1 fully saturated rings. The average molecular weight is 283 g/mol. The molecule has 5 heteroatoms. The highest BCUT2D eigenvalue weighted by Crippen LogP contribution is 2.35. The van der Waals surface area contributed by atoms with Crippen molar-refractivity contribution in [3.05, 3.63) is 0 Å². The summed E-state index contributed by atoms with van der Waals surface area (Å²) in [6.07, 6.45) is 4.90. The number of nitrogens with two attached hydrogens (primary N) is 1. The Hall–Kier alpha value is -1.10. The van der Waals surface area contributed by atoms with E-state index >= 15 is 0 Å². The predicted molar refractivity (Wildman–Crippen MR) is 80.0 cm³/mol. The molecule has 4 N–H and O–H groups in total. The van der Waals surface area contributed by atoms with Gasteiger partial charge in [0.25, 0.3) is 0 Å². The smallest absolute Gasteiger partial charge is 0.242 e. The van der Waals surface area contributed by atoms with Gasteiger partial charge in [-0.1, -0.05) is 33.1 Å². The van der Waals surface area contributed by atoms with Crippen LogP contribution in [0, 0.1) is 11.3 Å². The molecule has 1 aliphatic rings. The van der Waals surface area contributed by atoms with E-state index in [1.807, 2.05) is 13.8 Å². The van der Waals surface area contributed by atoms with Crippen LogP contribution in [-0.2, 0) is 9.59 Å². The molecule has 116 valence electrons. The lowest BCUT2D eigenvalue weighted by molar-refractivity contribution is -0.136. The van der Waals surface area contributed by atoms with Crippen molar-refractivity contribution in [2.75, 3.05) is 13.1 Å². The Morgan fingerprint density at radius 2 is 1.75 bits per heavy atom. The molecule has 0 aliphatic heterocycles. The van der Waals surface area contributed by atoms with Crippen molar-refractivity contribution in [3.63, 3.8) is 0 Å². The van der Waals surface area contributed by atoms with Gasteiger partial charge in [-0.15, -0.1) is 0 Å². The van der Waals surface area contributed by atoms with Crippen LogP contribution in [0.15, 0.2) is 0 Å². The fourth-order valence-corrected chi connectivity index (χ4v) is 2.63. The summed E-state index contributed by atoms with van der Waals surface area (Å²) in [4.78, 5) is 24.3. The molecule has 1 aliphatic carbocycles. The van der Waals surface area contributed by atoms with Crippen LogP contribution >= 0.6 is 0 Å². The first kappa shape index (κ1) is 17.0. The summed E-state index contributed by atoms with van der Waals surface area (Å²) in [5, 5.41) is 5.67. The predicted octanol–water partition coefficient (Wildman–Crippen LogP) is 1.17. The number of nitrogens with one attached hydrogen (secondary N) is 2. The van der Waals surface area contributed by atoms with Crippen molar-refractivity contribution in [2.45, 2.75) is 58.9 Å². The van der Waals surface area contributed by atoms with Crippen LogP contribution < -0.4 is 16.4 Å². The number of carbonyl (C=O) groups is 2. The third-order valence-electron chi connectivity index (χ3n) is 4.11. The summed E-state index contributed by atoms with van der Waals surface area (Å²) >= 11 is 0. The third-order valence-corrected chi connectivity index (χ3v) is 4.11. The minimum atomic E-state index is -0.508. The Balaban J connectivity index is 2.53. The molecule has 0 bridgehead atoms. The van der Waals surface area contributed by atoms with E-state index in [9.17, 15) is 9.59 Å². The third kappa shape index (κ3) is 4.47. The molecule has 5 nitrogen and oxygen atoms in total. The Morgan fingerprint density at radius 1 is 1.15 bits per heavy atom. The van der Waals surface area contributed by atoms with E-state index in [2.05, 4.69) is 10.6 Å². The monoisotopic (exact) mass is 283 g/mol. The average Bonchev–Trinajstić information content (AvgIpc) is 2.45. The highest BCUT2D eigenvalue weighted by atomic mass is 16.2. The minimum absolute atomic E-state index is 0.0631. The highest BCUT2D eigenvalue weighted by Gasteiger charge is 2.39. The van der Waals surface area contributed by atoms with Crippen LogP contribution in [0.5, 0.6) is 0 Å². The fourth-order valence-electron chi connectivity index (χ4n) is 2.63. The second-order valence-electron chi connectivity index (χ2n) is 6.38. The van der Waals surface area contributed by atoms with Gasteiger partial charge in [0.15, 0.2) is 0 Å². The van der Waals surface area contributed by atoms with Crippen LogP contribution in [0.25, 0.3) is 0 Å². The summed E-state index contributed by atoms with van der Waals surface area (Å²) < 4.78 is 0. The van der Waals surface area contributed by atoms with Crippen LogP contribution in [0.1, 0.15) is 52.9 Å². The molecule has 0 aromatic heterocycles. The highest BCUT2D eigenvalue weighted by molar-refractivity contribution is 5.90. The topological polar surface area (TPSA) is 84.2 Å². The van der Waals surface area contributed by atoms with Gasteiger partial charge in [0.2, 0.25) is 11.8 Å². The van der Waals surface area contributed by atoms with E-state index in [0.29, 0.717) is 19.0 Å². The Labute approximate surface area is 122 Å². The van der Waals surface area contributed by atoms with Gasteiger partial charge in [0.05, 0.1) is 5.41 Å². The quantitative estimate of drug-likeness (QED) is 0.684. The van der Waals surface area contributed by atoms with Gasteiger partial charge in [-0.05, 0) is 25.7 Å². The number of hydrogen-bond donors (Lipinski definition) is 3. The number of hydrogen-bond acceptors (Lipinski definition) is 3. The summed E-state index contributed by atoms with van der Waals surface area (Å²) in [5.74, 6) is 0.206. The number of carbonyl (C=O) groups excluding carboxylic acids is 2. The molecule has 2 amide bonds. The molecular formula is C15H29N3O2. The molecule has 1 saturated carbocycles. The molecule has 20 heavy (non-hydrogen) atoms. The summed E-state index contributed by atoms with van der Waals surface area (Å²) in [7, 11) is 0. The van der Waals surface area contributed by atoms with Gasteiger partial charge in [-0.2, -0.15) is 0 Å². The lowest BCUT2D eigenvalue weighted by Gasteiger charge is -2.35. The largest absolute Gasteiger partial charge is 0.354 e. The normalized spacial score (nSPS) is 19.4. The van der Waals surface area contributed by atoms with Crippen LogP contribution in [-0.4, -0.2) is 30.9 Å². The van der Waals surface area contributed by atoms with Crippen LogP contribution in [0.3, 0.4) is 0 Å². The summed E-state index contributed by atoms with van der Waals surface area (Å²) in [6.45, 7) is 6.78. The second-order valence-corrected chi connectivity index (χ2v) is 6.38. The van der Waals surface area contributed by atoms with Gasteiger partial charge < -0.3 is 16.4 Å². The van der Waals surface area contributed by atoms with Gasteiger partial charge >= 0.3 is 0 Å². The van der Waals surface area contributed by atoms with Gasteiger partial charge in [-0.25, -0.2) is 0 Å². The van der Waals surface area contributed by atoms with E-state index < -0.39 is 11.5 Å². The van der Waals surface area contributed by atoms with Crippen LogP contribution in [0.2, 0.25) is 0 Å². The molecule has 1 unspecified atom stereocenters. The van der Waals surface area contributed by atoms with E-state index in [-0.39, 0.29) is 11.8 Å². The van der Waals surface area contributed by atoms with Crippen molar-refractivity contribution >= 4 is 11.8 Å². The first-order chi connectivity index (χ1) is 9.41. The van der Waals surface area contributed by atoms with E-state index in [1.54, 1.807) is 6.92 Å². The number of amides is 2. The summed E-state index contributed by atoms with van der Waals surface area (Å²) in [5.41, 5.74) is 5.36. The second kappa shape index (κ2) is 7.62. The summed E-state index contributed by atoms with van der Waals surface area (Å²) in [6, 6.07) is -0.508. The molecule has 1 atom stereocenters. The zero-order chi connectivity index (χ0) is 15.2. The number of rotatable bonds is 6. The van der Waals surface area contributed by atoms with Crippen molar-refractivity contribution in [1.82, 2.24) is 10.6 Å². The molecular weight excluding hydrogens is 254 g/mol. The van der Waals surface area contributed by atoms with E-state index in [1.165, 1.54) is 6.42 Å². The lowest BCUT2D eigenvalue weighted by Crippen LogP contribution is -2.53. The maximum absolute atomic E-state index is 12.4. The van der Waals surface area contributed by atoms with Gasteiger partial charge in [0, 0.05) is 13.1 Å². The van der Waals surface area contributed by atoms with E-state index in [4.69, 9.17) is 5.73 Å². The van der Waals surface area contributed by atoms with Gasteiger partial charge in [-0.3, -0.25) is 9.59 Å². The molecule has 0 aromatic carbocycles. The first-order valence-corrected chi connectivity index (χ1v) is 7.70. The minimum Gasteiger partial charge on any atom is -0.354 e. The standard InChI is InChI=1S/C15H29N3O2/c1-11(2)9-17-13(19)12(3)18-14(20)15(10-16)7-5-4-6-8-15/h11-12H,4-10,16H2,1-3H3,(H,17,19)(H,18,20). The van der Waals surface area contributed by atoms with Crippen molar-refractivity contribution in [2.24, 2.45) is 17.1 Å². The van der Waals surface area contributed by atoms with Crippen molar-refractivity contribution < 1.29 is 9.59 Å².